The van der Waals surface area contributed by atoms with E-state index in [4.69, 9.17) is 4.74 Å². The third kappa shape index (κ3) is 4.37. The number of benzene rings is 2. The molecular weight excluding hydrogens is 420 g/mol. The smallest absolute Gasteiger partial charge is 0.343 e. The number of fused-ring (bicyclic) bond motifs is 1. The minimum absolute atomic E-state index is 0.155. The lowest BCUT2D eigenvalue weighted by Crippen LogP contribution is -2.19. The average molecular weight is 439 g/mol. The van der Waals surface area contributed by atoms with Crippen molar-refractivity contribution in [1.82, 2.24) is 14.8 Å². The molecule has 4 rings (SSSR count). The number of hydrogen-bond acceptors (Lipinski definition) is 7. The van der Waals surface area contributed by atoms with Crippen LogP contribution in [0.3, 0.4) is 0 Å². The predicted octanol–water partition coefficient (Wildman–Crippen LogP) is 4.39. The van der Waals surface area contributed by atoms with Crippen LogP contribution in [0.4, 0.5) is 5.82 Å². The molecule has 0 unspecified atom stereocenters. The molecule has 0 radical (unpaired) electrons. The lowest BCUT2D eigenvalue weighted by molar-refractivity contribution is -0.113. The van der Waals surface area contributed by atoms with E-state index in [9.17, 15) is 9.59 Å². The van der Waals surface area contributed by atoms with E-state index in [1.165, 1.54) is 22.6 Å². The second kappa shape index (κ2) is 9.10. The Morgan fingerprint density at radius 1 is 1.13 bits per heavy atom. The average Bonchev–Trinajstić information content (AvgIpc) is 3.37. The normalized spacial score (nSPS) is 10.8. The first-order valence-electron chi connectivity index (χ1n) is 9.24. The SMILES string of the molecule is CCOC(=O)c1cnn(-c2ccccc2)c1NC(=O)CSc1nc2ccccc2s1. The summed E-state index contributed by atoms with van der Waals surface area (Å²) < 4.78 is 8.52. The first-order valence-corrected chi connectivity index (χ1v) is 11.0. The third-order valence-electron chi connectivity index (χ3n) is 4.12. The van der Waals surface area contributed by atoms with Gasteiger partial charge in [0, 0.05) is 0 Å². The number of hydrogen-bond donors (Lipinski definition) is 1. The summed E-state index contributed by atoms with van der Waals surface area (Å²) in [5.74, 6) is -0.354. The van der Waals surface area contributed by atoms with Crippen molar-refractivity contribution >= 4 is 51.0 Å². The number of ether oxygens (including phenoxy) is 1. The zero-order valence-corrected chi connectivity index (χ0v) is 17.7. The Balaban J connectivity index is 1.53. The summed E-state index contributed by atoms with van der Waals surface area (Å²) in [6.45, 7) is 1.96. The number of thioether (sulfide) groups is 1. The molecule has 152 valence electrons. The summed E-state index contributed by atoms with van der Waals surface area (Å²) in [4.78, 5) is 29.5. The molecule has 1 amide bonds. The molecule has 4 aromatic rings. The highest BCUT2D eigenvalue weighted by Gasteiger charge is 2.21. The maximum absolute atomic E-state index is 12.7. The highest BCUT2D eigenvalue weighted by Crippen LogP contribution is 2.29. The molecule has 1 N–H and O–H groups in total. The van der Waals surface area contributed by atoms with E-state index in [2.05, 4.69) is 15.4 Å². The van der Waals surface area contributed by atoms with Crippen LogP contribution in [0, 0.1) is 0 Å². The van der Waals surface area contributed by atoms with Gasteiger partial charge >= 0.3 is 5.97 Å². The van der Waals surface area contributed by atoms with Gasteiger partial charge in [0.1, 0.15) is 5.56 Å². The molecule has 0 bridgehead atoms. The number of nitrogens with zero attached hydrogens (tertiary/aromatic N) is 3. The molecule has 2 aromatic carbocycles. The molecule has 0 spiro atoms. The van der Waals surface area contributed by atoms with Crippen LogP contribution in [-0.4, -0.2) is 39.0 Å². The second-order valence-corrected chi connectivity index (χ2v) is 8.41. The maximum Gasteiger partial charge on any atom is 0.343 e. The van der Waals surface area contributed by atoms with E-state index in [1.807, 2.05) is 54.6 Å². The molecule has 2 heterocycles. The van der Waals surface area contributed by atoms with Gasteiger partial charge < -0.3 is 10.1 Å². The Morgan fingerprint density at radius 3 is 2.67 bits per heavy atom. The van der Waals surface area contributed by atoms with Gasteiger partial charge in [-0.3, -0.25) is 4.79 Å². The molecule has 0 atom stereocenters. The summed E-state index contributed by atoms with van der Waals surface area (Å²) in [5, 5.41) is 7.09. The Kier molecular flexibility index (Phi) is 6.10. The molecule has 9 heteroatoms. The molecule has 2 aromatic heterocycles. The van der Waals surface area contributed by atoms with Gasteiger partial charge in [0.25, 0.3) is 0 Å². The summed E-state index contributed by atoms with van der Waals surface area (Å²) in [7, 11) is 0. The van der Waals surface area contributed by atoms with Crippen LogP contribution < -0.4 is 5.32 Å². The molecule has 0 aliphatic heterocycles. The molecule has 0 aliphatic carbocycles. The van der Waals surface area contributed by atoms with E-state index in [1.54, 1.807) is 18.3 Å². The van der Waals surface area contributed by atoms with Crippen molar-refractivity contribution in [1.29, 1.82) is 0 Å². The van der Waals surface area contributed by atoms with E-state index in [-0.39, 0.29) is 29.6 Å². The summed E-state index contributed by atoms with van der Waals surface area (Å²) in [6.07, 6.45) is 1.40. The van der Waals surface area contributed by atoms with Gasteiger partial charge in [-0.1, -0.05) is 42.1 Å². The number of esters is 1. The van der Waals surface area contributed by atoms with Crippen LogP contribution >= 0.6 is 23.1 Å². The lowest BCUT2D eigenvalue weighted by Gasteiger charge is -2.10. The number of carbonyl (C=O) groups excluding carboxylic acids is 2. The van der Waals surface area contributed by atoms with Gasteiger partial charge in [-0.15, -0.1) is 11.3 Å². The molecule has 0 aliphatic rings. The number of rotatable bonds is 7. The summed E-state index contributed by atoms with van der Waals surface area (Å²) in [5.41, 5.74) is 1.85. The van der Waals surface area contributed by atoms with Crippen molar-refractivity contribution in [2.24, 2.45) is 0 Å². The summed E-state index contributed by atoms with van der Waals surface area (Å²) >= 11 is 2.89. The van der Waals surface area contributed by atoms with Crippen molar-refractivity contribution in [3.63, 3.8) is 0 Å². The van der Waals surface area contributed by atoms with Crippen LogP contribution in [0.25, 0.3) is 15.9 Å². The van der Waals surface area contributed by atoms with Crippen molar-refractivity contribution in [3.8, 4) is 5.69 Å². The van der Waals surface area contributed by atoms with Gasteiger partial charge in [0.15, 0.2) is 10.2 Å². The van der Waals surface area contributed by atoms with Crippen molar-refractivity contribution in [2.45, 2.75) is 11.3 Å². The number of aromatic nitrogens is 3. The minimum Gasteiger partial charge on any atom is -0.462 e. The van der Waals surface area contributed by atoms with Crippen molar-refractivity contribution in [3.05, 3.63) is 66.4 Å². The van der Waals surface area contributed by atoms with Gasteiger partial charge in [0.2, 0.25) is 5.91 Å². The summed E-state index contributed by atoms with van der Waals surface area (Å²) in [6, 6.07) is 17.1. The Labute approximate surface area is 181 Å². The van der Waals surface area contributed by atoms with E-state index < -0.39 is 5.97 Å². The first-order chi connectivity index (χ1) is 14.7. The third-order valence-corrected chi connectivity index (χ3v) is 6.30. The molecule has 30 heavy (non-hydrogen) atoms. The van der Waals surface area contributed by atoms with E-state index in [0.29, 0.717) is 0 Å². The Bertz CT molecular complexity index is 1150. The monoisotopic (exact) mass is 438 g/mol. The number of amides is 1. The number of anilines is 1. The molecule has 0 saturated heterocycles. The van der Waals surface area contributed by atoms with E-state index >= 15 is 0 Å². The minimum atomic E-state index is -0.534. The Hall–Kier alpha value is -3.17. The largest absolute Gasteiger partial charge is 0.462 e. The predicted molar refractivity (Wildman–Crippen MR) is 118 cm³/mol. The standard InChI is InChI=1S/C21H18N4O3S2/c1-2-28-20(27)15-12-22-25(14-8-4-3-5-9-14)19(15)24-18(26)13-29-21-23-16-10-6-7-11-17(16)30-21/h3-12H,2,13H2,1H3,(H,24,26). The van der Waals surface area contributed by atoms with Gasteiger partial charge in [-0.2, -0.15) is 5.10 Å². The second-order valence-electron chi connectivity index (χ2n) is 6.16. The highest BCUT2D eigenvalue weighted by atomic mass is 32.2. The van der Waals surface area contributed by atoms with Gasteiger partial charge in [0.05, 0.1) is 34.5 Å². The maximum atomic E-state index is 12.7. The number of carbonyl (C=O) groups is 2. The number of nitrogens with one attached hydrogen (secondary N) is 1. The van der Waals surface area contributed by atoms with Crippen LogP contribution in [-0.2, 0) is 9.53 Å². The quantitative estimate of drug-likeness (QED) is 0.340. The fourth-order valence-corrected chi connectivity index (χ4v) is 4.67. The highest BCUT2D eigenvalue weighted by molar-refractivity contribution is 8.01. The molecule has 7 nitrogen and oxygen atoms in total. The van der Waals surface area contributed by atoms with Crippen LogP contribution in [0.15, 0.2) is 65.1 Å². The number of para-hydroxylation sites is 2. The Morgan fingerprint density at radius 2 is 1.90 bits per heavy atom. The molecule has 0 fully saturated rings. The van der Waals surface area contributed by atoms with Crippen molar-refractivity contribution < 1.29 is 14.3 Å². The van der Waals surface area contributed by atoms with Crippen LogP contribution in [0.5, 0.6) is 0 Å². The number of thiazole rings is 1. The van der Waals surface area contributed by atoms with Crippen LogP contribution in [0.2, 0.25) is 0 Å². The van der Waals surface area contributed by atoms with E-state index in [0.717, 1.165) is 20.2 Å². The van der Waals surface area contributed by atoms with Crippen molar-refractivity contribution in [2.75, 3.05) is 17.7 Å². The first kappa shape index (κ1) is 20.1. The fraction of sp³-hybridized carbons (Fsp3) is 0.143. The lowest BCUT2D eigenvalue weighted by atomic mass is 10.3. The van der Waals surface area contributed by atoms with Gasteiger partial charge in [-0.05, 0) is 31.2 Å². The zero-order valence-electron chi connectivity index (χ0n) is 16.1. The molecule has 0 saturated carbocycles. The van der Waals surface area contributed by atoms with Gasteiger partial charge in [-0.25, -0.2) is 14.5 Å². The molecular formula is C21H18N4O3S2. The fourth-order valence-electron chi connectivity index (χ4n) is 2.80. The zero-order chi connectivity index (χ0) is 20.9. The topological polar surface area (TPSA) is 86.1 Å². The van der Waals surface area contributed by atoms with Crippen LogP contribution in [0.1, 0.15) is 17.3 Å².